The molecule has 3 rings (SSSR count). The summed E-state index contributed by atoms with van der Waals surface area (Å²) >= 11 is 1.39. The topological polar surface area (TPSA) is 73.3 Å². The Bertz CT molecular complexity index is 666. The second kappa shape index (κ2) is 8.21. The summed E-state index contributed by atoms with van der Waals surface area (Å²) in [6.07, 6.45) is 3.10. The van der Waals surface area contributed by atoms with Crippen LogP contribution in [0.25, 0.3) is 0 Å². The Labute approximate surface area is 145 Å². The van der Waals surface area contributed by atoms with Crippen molar-refractivity contribution in [2.75, 3.05) is 18.5 Å². The molecule has 1 unspecified atom stereocenters. The molecule has 0 saturated carbocycles. The van der Waals surface area contributed by atoms with Crippen LogP contribution in [0.15, 0.2) is 24.3 Å². The first-order valence-electron chi connectivity index (χ1n) is 8.15. The molecule has 1 atom stereocenters. The van der Waals surface area contributed by atoms with Crippen LogP contribution in [0.3, 0.4) is 0 Å². The molecule has 2 aromatic rings. The number of rotatable bonds is 7. The molecule has 0 radical (unpaired) electrons. The molecule has 1 aliphatic rings. The molecular weight excluding hydrogens is 326 g/mol. The first-order valence-corrected chi connectivity index (χ1v) is 8.97. The zero-order valence-electron chi connectivity index (χ0n) is 13.7. The van der Waals surface area contributed by atoms with Crippen LogP contribution in [0.2, 0.25) is 0 Å². The van der Waals surface area contributed by atoms with Gasteiger partial charge >= 0.3 is 0 Å². The minimum Gasteiger partial charge on any atom is -0.494 e. The van der Waals surface area contributed by atoms with Gasteiger partial charge in [-0.2, -0.15) is 0 Å². The maximum atomic E-state index is 11.9. The maximum Gasteiger partial charge on any atom is 0.226 e. The summed E-state index contributed by atoms with van der Waals surface area (Å²) in [6.45, 7) is 3.31. The van der Waals surface area contributed by atoms with E-state index in [0.29, 0.717) is 24.6 Å². The van der Waals surface area contributed by atoms with Gasteiger partial charge in [-0.05, 0) is 38.3 Å². The van der Waals surface area contributed by atoms with Crippen molar-refractivity contribution in [2.24, 2.45) is 0 Å². The largest absolute Gasteiger partial charge is 0.494 e. The van der Waals surface area contributed by atoms with E-state index in [1.54, 1.807) is 0 Å². The number of benzene rings is 1. The number of nitrogens with zero attached hydrogens (tertiary/aromatic N) is 2. The Morgan fingerprint density at radius 2 is 2.21 bits per heavy atom. The van der Waals surface area contributed by atoms with Crippen molar-refractivity contribution < 1.29 is 14.3 Å². The van der Waals surface area contributed by atoms with Gasteiger partial charge in [-0.15, -0.1) is 10.2 Å². The number of ether oxygens (including phenoxy) is 2. The first-order chi connectivity index (χ1) is 11.7. The van der Waals surface area contributed by atoms with Gasteiger partial charge in [0.25, 0.3) is 0 Å². The summed E-state index contributed by atoms with van der Waals surface area (Å²) in [5, 5.41) is 12.3. The lowest BCUT2D eigenvalue weighted by Crippen LogP contribution is -2.12. The number of carbonyl (C=O) groups is 1. The monoisotopic (exact) mass is 347 g/mol. The van der Waals surface area contributed by atoms with Gasteiger partial charge in [0.1, 0.15) is 16.9 Å². The predicted octanol–water partition coefficient (Wildman–Crippen LogP) is 3.50. The van der Waals surface area contributed by atoms with E-state index >= 15 is 0 Å². The van der Waals surface area contributed by atoms with Crippen molar-refractivity contribution in [1.29, 1.82) is 0 Å². The van der Waals surface area contributed by atoms with E-state index in [4.69, 9.17) is 9.47 Å². The number of nitrogens with one attached hydrogen (secondary N) is 1. The summed E-state index contributed by atoms with van der Waals surface area (Å²) in [7, 11) is 0. The van der Waals surface area contributed by atoms with E-state index in [9.17, 15) is 4.79 Å². The quantitative estimate of drug-likeness (QED) is 0.776. The third-order valence-corrected chi connectivity index (χ3v) is 4.66. The summed E-state index contributed by atoms with van der Waals surface area (Å²) in [5.41, 5.74) is 1.20. The Balaban J connectivity index is 1.37. The van der Waals surface area contributed by atoms with Crippen LogP contribution in [0.4, 0.5) is 5.13 Å². The number of anilines is 1. The molecule has 24 heavy (non-hydrogen) atoms. The van der Waals surface area contributed by atoms with Crippen molar-refractivity contribution >= 4 is 22.4 Å². The molecule has 7 heteroatoms. The van der Waals surface area contributed by atoms with Crippen LogP contribution in [0.1, 0.15) is 42.4 Å². The van der Waals surface area contributed by atoms with Gasteiger partial charge in [0.15, 0.2) is 0 Å². The molecule has 1 aromatic heterocycles. The highest BCUT2D eigenvalue weighted by molar-refractivity contribution is 7.15. The van der Waals surface area contributed by atoms with Crippen LogP contribution in [0, 0.1) is 6.92 Å². The lowest BCUT2D eigenvalue weighted by molar-refractivity contribution is -0.116. The predicted molar refractivity (Wildman–Crippen MR) is 92.4 cm³/mol. The lowest BCUT2D eigenvalue weighted by atomic mass is 10.2. The van der Waals surface area contributed by atoms with E-state index in [1.807, 2.05) is 31.2 Å². The van der Waals surface area contributed by atoms with Crippen molar-refractivity contribution in [3.63, 3.8) is 0 Å². The zero-order valence-corrected chi connectivity index (χ0v) is 14.5. The molecule has 0 aliphatic carbocycles. The minimum absolute atomic E-state index is 0.0380. The Morgan fingerprint density at radius 3 is 2.96 bits per heavy atom. The lowest BCUT2D eigenvalue weighted by Gasteiger charge is -2.06. The third-order valence-electron chi connectivity index (χ3n) is 3.73. The normalized spacial score (nSPS) is 17.0. The highest BCUT2D eigenvalue weighted by Gasteiger charge is 2.22. The summed E-state index contributed by atoms with van der Waals surface area (Å²) in [5.74, 6) is 0.754. The Hall–Kier alpha value is -1.99. The van der Waals surface area contributed by atoms with Gasteiger partial charge in [-0.25, -0.2) is 0 Å². The van der Waals surface area contributed by atoms with Crippen molar-refractivity contribution in [1.82, 2.24) is 10.2 Å². The fourth-order valence-electron chi connectivity index (χ4n) is 2.43. The molecule has 2 heterocycles. The highest BCUT2D eigenvalue weighted by atomic mass is 32.1. The molecule has 6 nitrogen and oxygen atoms in total. The number of carbonyl (C=O) groups excluding carboxylic acids is 1. The molecule has 0 bridgehead atoms. The Kier molecular flexibility index (Phi) is 5.77. The zero-order chi connectivity index (χ0) is 16.8. The number of hydrogen-bond donors (Lipinski definition) is 1. The van der Waals surface area contributed by atoms with Gasteiger partial charge in [0.2, 0.25) is 11.0 Å². The molecule has 1 aromatic carbocycles. The van der Waals surface area contributed by atoms with E-state index in [1.165, 1.54) is 16.9 Å². The summed E-state index contributed by atoms with van der Waals surface area (Å²) in [4.78, 5) is 11.9. The number of aryl methyl sites for hydroxylation is 1. The summed E-state index contributed by atoms with van der Waals surface area (Å²) < 4.78 is 11.2. The molecular formula is C17H21N3O3S. The van der Waals surface area contributed by atoms with E-state index < -0.39 is 0 Å². The molecule has 0 spiro atoms. The number of amides is 1. The van der Waals surface area contributed by atoms with Crippen LogP contribution in [-0.4, -0.2) is 29.3 Å². The van der Waals surface area contributed by atoms with Gasteiger partial charge < -0.3 is 14.8 Å². The Morgan fingerprint density at radius 1 is 1.38 bits per heavy atom. The second-order valence-corrected chi connectivity index (χ2v) is 6.77. The van der Waals surface area contributed by atoms with Gasteiger partial charge in [-0.1, -0.05) is 29.0 Å². The molecule has 1 fully saturated rings. The second-order valence-electron chi connectivity index (χ2n) is 5.76. The van der Waals surface area contributed by atoms with Crippen molar-refractivity contribution in [2.45, 2.75) is 38.7 Å². The van der Waals surface area contributed by atoms with E-state index in [2.05, 4.69) is 15.5 Å². The van der Waals surface area contributed by atoms with E-state index in [0.717, 1.165) is 30.2 Å². The molecule has 1 aliphatic heterocycles. The molecule has 1 N–H and O–H groups in total. The molecule has 1 saturated heterocycles. The van der Waals surface area contributed by atoms with Gasteiger partial charge in [-0.3, -0.25) is 4.79 Å². The first kappa shape index (κ1) is 16.9. The van der Waals surface area contributed by atoms with Crippen LogP contribution in [0.5, 0.6) is 5.75 Å². The van der Waals surface area contributed by atoms with Crippen LogP contribution in [-0.2, 0) is 9.53 Å². The highest BCUT2D eigenvalue weighted by Crippen LogP contribution is 2.31. The fourth-order valence-corrected chi connectivity index (χ4v) is 3.27. The third kappa shape index (κ3) is 4.75. The maximum absolute atomic E-state index is 11.9. The SMILES string of the molecule is Cc1ccc(OCCCC(=O)Nc2nnc(C3CCCO3)s2)cc1. The summed E-state index contributed by atoms with van der Waals surface area (Å²) in [6, 6.07) is 7.87. The smallest absolute Gasteiger partial charge is 0.226 e. The average Bonchev–Trinajstić information content (AvgIpc) is 3.24. The van der Waals surface area contributed by atoms with E-state index in [-0.39, 0.29) is 12.0 Å². The van der Waals surface area contributed by atoms with Gasteiger partial charge in [0.05, 0.1) is 6.61 Å². The van der Waals surface area contributed by atoms with Crippen LogP contribution < -0.4 is 10.1 Å². The number of aromatic nitrogens is 2. The average molecular weight is 347 g/mol. The fraction of sp³-hybridized carbons (Fsp3) is 0.471. The molecule has 128 valence electrons. The van der Waals surface area contributed by atoms with Crippen molar-refractivity contribution in [3.05, 3.63) is 34.8 Å². The minimum atomic E-state index is -0.0717. The standard InChI is InChI=1S/C17H21N3O3S/c1-12-6-8-13(9-7-12)22-10-3-5-15(21)18-17-20-19-16(24-17)14-4-2-11-23-14/h6-9,14H,2-5,10-11H2,1H3,(H,18,20,21). The van der Waals surface area contributed by atoms with Crippen molar-refractivity contribution in [3.8, 4) is 5.75 Å². The number of hydrogen-bond acceptors (Lipinski definition) is 6. The molecule has 1 amide bonds. The van der Waals surface area contributed by atoms with Crippen LogP contribution >= 0.6 is 11.3 Å². The van der Waals surface area contributed by atoms with Gasteiger partial charge in [0, 0.05) is 13.0 Å².